The number of halogens is 1. The number of imide groups is 1. The molecule has 0 N–H and O–H groups in total. The van der Waals surface area contributed by atoms with E-state index >= 15 is 0 Å². The van der Waals surface area contributed by atoms with Crippen LogP contribution in [0.4, 0.5) is 10.5 Å². The Morgan fingerprint density at radius 2 is 1.87 bits per heavy atom. The van der Waals surface area contributed by atoms with Crippen LogP contribution in [0, 0.1) is 10.1 Å². The van der Waals surface area contributed by atoms with Gasteiger partial charge >= 0.3 is 0 Å². The normalized spacial score (nSPS) is 15.2. The lowest BCUT2D eigenvalue weighted by Gasteiger charge is -2.12. The zero-order chi connectivity index (χ0) is 21.3. The molecule has 2 heterocycles. The molecule has 2 aromatic carbocycles. The Balaban J connectivity index is 1.61. The summed E-state index contributed by atoms with van der Waals surface area (Å²) in [6, 6.07) is 17.2. The quantitative estimate of drug-likeness (QED) is 0.276. The number of non-ortho nitro benzene ring substituents is 1. The molecule has 1 fully saturated rings. The number of nitro groups is 1. The van der Waals surface area contributed by atoms with Crippen molar-refractivity contribution in [2.45, 2.75) is 6.54 Å². The maximum absolute atomic E-state index is 12.8. The van der Waals surface area contributed by atoms with Crippen LogP contribution in [0.15, 0.2) is 76.2 Å². The van der Waals surface area contributed by atoms with Crippen LogP contribution < -0.4 is 0 Å². The van der Waals surface area contributed by atoms with Gasteiger partial charge in [-0.25, -0.2) is 0 Å². The summed E-state index contributed by atoms with van der Waals surface area (Å²) in [5.41, 5.74) is 2.05. The van der Waals surface area contributed by atoms with Crippen LogP contribution in [0.3, 0.4) is 0 Å². The summed E-state index contributed by atoms with van der Waals surface area (Å²) in [4.78, 5) is 37.4. The fourth-order valence-corrected chi connectivity index (χ4v) is 4.36. The number of carbonyl (C=O) groups is 2. The van der Waals surface area contributed by atoms with E-state index in [9.17, 15) is 19.7 Å². The summed E-state index contributed by atoms with van der Waals surface area (Å²) in [6.07, 6.45) is 3.38. The van der Waals surface area contributed by atoms with Crippen LogP contribution in [0.1, 0.15) is 11.3 Å². The Bertz CT molecular complexity index is 1200. The molecule has 1 aromatic heterocycles. The molecule has 0 unspecified atom stereocenters. The molecule has 4 rings (SSSR count). The molecule has 2 amide bonds. The van der Waals surface area contributed by atoms with Crippen LogP contribution in [0.5, 0.6) is 0 Å². The van der Waals surface area contributed by atoms with E-state index in [4.69, 9.17) is 0 Å². The van der Waals surface area contributed by atoms with Gasteiger partial charge in [0.15, 0.2) is 0 Å². The van der Waals surface area contributed by atoms with Crippen molar-refractivity contribution >= 4 is 50.6 Å². The van der Waals surface area contributed by atoms with Gasteiger partial charge in [-0.15, -0.1) is 0 Å². The standard InChI is InChI=1S/C21H14BrN3O4S/c22-15-5-1-4-14(10-15)13-24-20(26)19(30-21(24)27)12-17-8-3-9-23(17)16-6-2-7-18(11-16)25(28)29/h1-12H,13H2/b19-12-. The number of rotatable bonds is 5. The summed E-state index contributed by atoms with van der Waals surface area (Å²) in [5, 5.41) is 10.7. The number of hydrogen-bond donors (Lipinski definition) is 0. The molecule has 9 heteroatoms. The number of carbonyl (C=O) groups excluding carboxylic acids is 2. The summed E-state index contributed by atoms with van der Waals surface area (Å²) >= 11 is 4.27. The van der Waals surface area contributed by atoms with E-state index in [0.29, 0.717) is 16.3 Å². The lowest BCUT2D eigenvalue weighted by Crippen LogP contribution is -2.27. The molecular weight excluding hydrogens is 470 g/mol. The van der Waals surface area contributed by atoms with Gasteiger partial charge in [-0.1, -0.05) is 34.1 Å². The average Bonchev–Trinajstić information content (AvgIpc) is 3.28. The van der Waals surface area contributed by atoms with Gasteiger partial charge in [0.05, 0.1) is 22.1 Å². The van der Waals surface area contributed by atoms with E-state index in [1.54, 1.807) is 41.1 Å². The van der Waals surface area contributed by atoms with Gasteiger partial charge in [-0.3, -0.25) is 24.6 Å². The highest BCUT2D eigenvalue weighted by Gasteiger charge is 2.35. The molecule has 0 spiro atoms. The lowest BCUT2D eigenvalue weighted by atomic mass is 10.2. The molecule has 30 heavy (non-hydrogen) atoms. The monoisotopic (exact) mass is 483 g/mol. The smallest absolute Gasteiger partial charge is 0.293 e. The van der Waals surface area contributed by atoms with Crippen molar-refractivity contribution in [1.29, 1.82) is 0 Å². The van der Waals surface area contributed by atoms with Crippen LogP contribution in [0.2, 0.25) is 0 Å². The van der Waals surface area contributed by atoms with E-state index in [-0.39, 0.29) is 23.4 Å². The van der Waals surface area contributed by atoms with E-state index in [1.165, 1.54) is 17.0 Å². The van der Waals surface area contributed by atoms with Gasteiger partial charge in [0.25, 0.3) is 16.8 Å². The van der Waals surface area contributed by atoms with E-state index in [1.807, 2.05) is 24.3 Å². The predicted molar refractivity (Wildman–Crippen MR) is 118 cm³/mol. The SMILES string of the molecule is O=C1S/C(=C\c2cccn2-c2cccc([N+](=O)[O-])c2)C(=O)N1Cc1cccc(Br)c1. The average molecular weight is 484 g/mol. The Kier molecular flexibility index (Phi) is 5.56. The van der Waals surface area contributed by atoms with Crippen molar-refractivity contribution in [3.05, 3.63) is 97.6 Å². The first kappa shape index (κ1) is 20.1. The molecule has 3 aromatic rings. The van der Waals surface area contributed by atoms with Crippen molar-refractivity contribution in [2.24, 2.45) is 0 Å². The number of benzene rings is 2. The lowest BCUT2D eigenvalue weighted by molar-refractivity contribution is -0.384. The Hall–Kier alpha value is -3.17. The molecule has 1 aliphatic rings. The van der Waals surface area contributed by atoms with E-state index in [0.717, 1.165) is 21.8 Å². The van der Waals surface area contributed by atoms with Gasteiger partial charge < -0.3 is 4.57 Å². The topological polar surface area (TPSA) is 85.5 Å². The highest BCUT2D eigenvalue weighted by atomic mass is 79.9. The molecule has 0 atom stereocenters. The minimum Gasteiger partial charge on any atom is -0.317 e. The summed E-state index contributed by atoms with van der Waals surface area (Å²) in [6.45, 7) is 0.188. The third kappa shape index (κ3) is 4.07. The van der Waals surface area contributed by atoms with Gasteiger partial charge in [0.2, 0.25) is 0 Å². The highest BCUT2D eigenvalue weighted by Crippen LogP contribution is 2.34. The maximum atomic E-state index is 12.8. The number of aromatic nitrogens is 1. The van der Waals surface area contributed by atoms with Crippen molar-refractivity contribution in [1.82, 2.24) is 9.47 Å². The molecule has 150 valence electrons. The molecule has 0 aliphatic carbocycles. The van der Waals surface area contributed by atoms with Gasteiger partial charge in [-0.2, -0.15) is 0 Å². The fourth-order valence-electron chi connectivity index (χ4n) is 3.09. The summed E-state index contributed by atoms with van der Waals surface area (Å²) in [7, 11) is 0. The van der Waals surface area contributed by atoms with Crippen LogP contribution in [0.25, 0.3) is 11.8 Å². The molecular formula is C21H14BrN3O4S. The van der Waals surface area contributed by atoms with Crippen LogP contribution in [-0.4, -0.2) is 25.5 Å². The molecule has 7 nitrogen and oxygen atoms in total. The number of nitro benzene ring substituents is 1. The zero-order valence-electron chi connectivity index (χ0n) is 15.4. The van der Waals surface area contributed by atoms with Gasteiger partial charge in [-0.05, 0) is 53.7 Å². The number of hydrogen-bond acceptors (Lipinski definition) is 5. The largest absolute Gasteiger partial charge is 0.317 e. The second-order valence-electron chi connectivity index (χ2n) is 6.48. The highest BCUT2D eigenvalue weighted by molar-refractivity contribution is 9.10. The first-order valence-corrected chi connectivity index (χ1v) is 10.5. The van der Waals surface area contributed by atoms with Crippen molar-refractivity contribution < 1.29 is 14.5 Å². The van der Waals surface area contributed by atoms with Crippen molar-refractivity contribution in [3.63, 3.8) is 0 Å². The maximum Gasteiger partial charge on any atom is 0.293 e. The van der Waals surface area contributed by atoms with Crippen LogP contribution in [-0.2, 0) is 11.3 Å². The van der Waals surface area contributed by atoms with E-state index < -0.39 is 4.92 Å². The molecule has 1 saturated heterocycles. The first-order valence-electron chi connectivity index (χ1n) is 8.84. The molecule has 0 saturated carbocycles. The number of nitrogens with zero attached hydrogens (tertiary/aromatic N) is 3. The van der Waals surface area contributed by atoms with E-state index in [2.05, 4.69) is 15.9 Å². The second-order valence-corrected chi connectivity index (χ2v) is 8.39. The number of amides is 2. The second kappa shape index (κ2) is 8.29. The Morgan fingerprint density at radius 1 is 1.07 bits per heavy atom. The third-order valence-electron chi connectivity index (χ3n) is 4.48. The predicted octanol–water partition coefficient (Wildman–Crippen LogP) is 5.38. The summed E-state index contributed by atoms with van der Waals surface area (Å²) < 4.78 is 2.60. The molecule has 1 aliphatic heterocycles. The van der Waals surface area contributed by atoms with Gasteiger partial charge in [0, 0.05) is 28.5 Å². The number of thioether (sulfide) groups is 1. The Morgan fingerprint density at radius 3 is 2.63 bits per heavy atom. The fraction of sp³-hybridized carbons (Fsp3) is 0.0476. The Labute approximate surface area is 184 Å². The first-order chi connectivity index (χ1) is 14.4. The zero-order valence-corrected chi connectivity index (χ0v) is 17.8. The van der Waals surface area contributed by atoms with Gasteiger partial charge in [0.1, 0.15) is 0 Å². The third-order valence-corrected chi connectivity index (χ3v) is 5.88. The van der Waals surface area contributed by atoms with Crippen LogP contribution >= 0.6 is 27.7 Å². The molecule has 0 bridgehead atoms. The minimum absolute atomic E-state index is 0.0264. The summed E-state index contributed by atoms with van der Waals surface area (Å²) in [5.74, 6) is -0.364. The minimum atomic E-state index is -0.458. The molecule has 0 radical (unpaired) electrons. The van der Waals surface area contributed by atoms with Crippen molar-refractivity contribution in [2.75, 3.05) is 0 Å². The van der Waals surface area contributed by atoms with Crippen molar-refractivity contribution in [3.8, 4) is 5.69 Å².